The number of hydrogen-bond donors (Lipinski definition) is 2. The molecule has 1 atom stereocenters. The van der Waals surface area contributed by atoms with Crippen molar-refractivity contribution >= 4 is 5.91 Å². The fraction of sp³-hybridized carbons (Fsp3) is 0.917. The lowest BCUT2D eigenvalue weighted by atomic mass is 10.0. The van der Waals surface area contributed by atoms with Gasteiger partial charge in [-0.25, -0.2) is 0 Å². The number of nitrogens with two attached hydrogens (primary N) is 1. The van der Waals surface area contributed by atoms with E-state index in [1.165, 1.54) is 0 Å². The Balaban J connectivity index is 1.85. The van der Waals surface area contributed by atoms with E-state index in [-0.39, 0.29) is 11.9 Å². The average Bonchev–Trinajstić information content (AvgIpc) is 2.39. The molecular weight excluding hydrogens is 216 g/mol. The van der Waals surface area contributed by atoms with E-state index in [1.807, 2.05) is 11.8 Å². The molecule has 0 bridgehead atoms. The van der Waals surface area contributed by atoms with Gasteiger partial charge in [0.25, 0.3) is 0 Å². The molecule has 2 saturated heterocycles. The molecule has 98 valence electrons. The predicted molar refractivity (Wildman–Crippen MR) is 67.7 cm³/mol. The number of hydrogen-bond acceptors (Lipinski definition) is 4. The summed E-state index contributed by atoms with van der Waals surface area (Å²) in [5.74, 6) is 0.280. The van der Waals surface area contributed by atoms with Crippen molar-refractivity contribution in [2.24, 2.45) is 5.73 Å². The largest absolute Gasteiger partial charge is 0.339 e. The number of carbonyl (C=O) groups excluding carboxylic acids is 1. The molecule has 5 nitrogen and oxygen atoms in total. The summed E-state index contributed by atoms with van der Waals surface area (Å²) in [5, 5.41) is 3.27. The number of amides is 1. The van der Waals surface area contributed by atoms with Crippen LogP contribution in [-0.2, 0) is 4.79 Å². The van der Waals surface area contributed by atoms with Crippen molar-refractivity contribution in [2.45, 2.75) is 31.8 Å². The highest BCUT2D eigenvalue weighted by Gasteiger charge is 2.28. The second-order valence-corrected chi connectivity index (χ2v) is 5.12. The molecule has 5 heteroatoms. The molecule has 0 aromatic carbocycles. The first-order chi connectivity index (χ1) is 8.18. The first kappa shape index (κ1) is 12.8. The third-order valence-electron chi connectivity index (χ3n) is 3.91. The monoisotopic (exact) mass is 240 g/mol. The zero-order valence-electron chi connectivity index (χ0n) is 10.7. The molecule has 3 N–H and O–H groups in total. The molecular formula is C12H24N4O. The molecule has 1 unspecified atom stereocenters. The summed E-state index contributed by atoms with van der Waals surface area (Å²) in [6.07, 6.45) is 2.03. The Kier molecular flexibility index (Phi) is 4.36. The van der Waals surface area contributed by atoms with Crippen LogP contribution in [-0.4, -0.2) is 67.1 Å². The van der Waals surface area contributed by atoms with Gasteiger partial charge in [-0.2, -0.15) is 0 Å². The molecule has 0 radical (unpaired) electrons. The minimum absolute atomic E-state index is 0.0144. The normalized spacial score (nSPS) is 25.9. The van der Waals surface area contributed by atoms with Crippen molar-refractivity contribution in [3.8, 4) is 0 Å². The van der Waals surface area contributed by atoms with E-state index in [1.54, 1.807) is 0 Å². The Morgan fingerprint density at radius 2 is 1.82 bits per heavy atom. The fourth-order valence-corrected chi connectivity index (χ4v) is 2.61. The van der Waals surface area contributed by atoms with Gasteiger partial charge in [-0.15, -0.1) is 0 Å². The summed E-state index contributed by atoms with van der Waals surface area (Å²) >= 11 is 0. The number of likely N-dealkylation sites (tertiary alicyclic amines) is 1. The maximum atomic E-state index is 12.3. The van der Waals surface area contributed by atoms with E-state index in [0.717, 1.165) is 52.1 Å². The van der Waals surface area contributed by atoms with Gasteiger partial charge < -0.3 is 16.0 Å². The molecule has 2 aliphatic rings. The number of nitrogens with one attached hydrogen (secondary N) is 1. The van der Waals surface area contributed by atoms with Gasteiger partial charge in [0.1, 0.15) is 0 Å². The SMILES string of the molecule is CC(C(=O)N1CCNCC1)N1CCC(N)CC1. The Bertz CT molecular complexity index is 257. The Hall–Kier alpha value is -0.650. The summed E-state index contributed by atoms with van der Waals surface area (Å²) < 4.78 is 0. The van der Waals surface area contributed by atoms with E-state index in [4.69, 9.17) is 5.73 Å². The van der Waals surface area contributed by atoms with Gasteiger partial charge in [0, 0.05) is 45.3 Å². The maximum Gasteiger partial charge on any atom is 0.239 e. The zero-order valence-corrected chi connectivity index (χ0v) is 10.7. The van der Waals surface area contributed by atoms with E-state index >= 15 is 0 Å². The average molecular weight is 240 g/mol. The lowest BCUT2D eigenvalue weighted by Gasteiger charge is -2.37. The highest BCUT2D eigenvalue weighted by atomic mass is 16.2. The van der Waals surface area contributed by atoms with Crippen LogP contribution in [0, 0.1) is 0 Å². The Morgan fingerprint density at radius 1 is 1.24 bits per heavy atom. The van der Waals surface area contributed by atoms with Gasteiger partial charge in [-0.05, 0) is 19.8 Å². The second kappa shape index (κ2) is 5.80. The predicted octanol–water partition coefficient (Wildman–Crippen LogP) is -0.770. The molecule has 1 amide bonds. The van der Waals surface area contributed by atoms with Crippen molar-refractivity contribution < 1.29 is 4.79 Å². The maximum absolute atomic E-state index is 12.3. The van der Waals surface area contributed by atoms with Gasteiger partial charge in [0.05, 0.1) is 6.04 Å². The van der Waals surface area contributed by atoms with Crippen molar-refractivity contribution in [1.29, 1.82) is 0 Å². The molecule has 2 aliphatic heterocycles. The summed E-state index contributed by atoms with van der Waals surface area (Å²) in [6, 6.07) is 0.341. The molecule has 0 spiro atoms. The van der Waals surface area contributed by atoms with Crippen LogP contribution < -0.4 is 11.1 Å². The highest BCUT2D eigenvalue weighted by Crippen LogP contribution is 2.13. The van der Waals surface area contributed by atoms with Crippen molar-refractivity contribution in [1.82, 2.24) is 15.1 Å². The number of carbonyl (C=O) groups is 1. The molecule has 0 aromatic heterocycles. The van der Waals surface area contributed by atoms with Crippen molar-refractivity contribution in [3.63, 3.8) is 0 Å². The van der Waals surface area contributed by atoms with Crippen LogP contribution in [0.4, 0.5) is 0 Å². The van der Waals surface area contributed by atoms with Crippen LogP contribution in [0.1, 0.15) is 19.8 Å². The summed E-state index contributed by atoms with van der Waals surface area (Å²) in [4.78, 5) is 16.6. The van der Waals surface area contributed by atoms with Gasteiger partial charge in [-0.3, -0.25) is 9.69 Å². The molecule has 17 heavy (non-hydrogen) atoms. The van der Waals surface area contributed by atoms with Crippen LogP contribution >= 0.6 is 0 Å². The van der Waals surface area contributed by atoms with Gasteiger partial charge in [-0.1, -0.05) is 0 Å². The third-order valence-corrected chi connectivity index (χ3v) is 3.91. The molecule has 0 aromatic rings. The summed E-state index contributed by atoms with van der Waals surface area (Å²) in [6.45, 7) is 7.47. The zero-order chi connectivity index (χ0) is 12.3. The molecule has 2 heterocycles. The first-order valence-electron chi connectivity index (χ1n) is 6.67. The van der Waals surface area contributed by atoms with E-state index in [9.17, 15) is 4.79 Å². The lowest BCUT2D eigenvalue weighted by molar-refractivity contribution is -0.137. The topological polar surface area (TPSA) is 61.6 Å². The van der Waals surface area contributed by atoms with E-state index in [2.05, 4.69) is 10.2 Å². The van der Waals surface area contributed by atoms with Crippen LogP contribution in [0.15, 0.2) is 0 Å². The number of nitrogens with zero attached hydrogens (tertiary/aromatic N) is 2. The Labute approximate surface area is 103 Å². The molecule has 0 aliphatic carbocycles. The highest BCUT2D eigenvalue weighted by molar-refractivity contribution is 5.81. The summed E-state index contributed by atoms with van der Waals surface area (Å²) in [5.41, 5.74) is 5.89. The van der Waals surface area contributed by atoms with Gasteiger partial charge in [0.2, 0.25) is 5.91 Å². The fourth-order valence-electron chi connectivity index (χ4n) is 2.61. The molecule has 0 saturated carbocycles. The van der Waals surface area contributed by atoms with E-state index < -0.39 is 0 Å². The third kappa shape index (κ3) is 3.18. The van der Waals surface area contributed by atoms with Gasteiger partial charge in [0.15, 0.2) is 0 Å². The number of rotatable bonds is 2. The lowest BCUT2D eigenvalue weighted by Crippen LogP contribution is -2.55. The Morgan fingerprint density at radius 3 is 2.41 bits per heavy atom. The van der Waals surface area contributed by atoms with Crippen LogP contribution in [0.2, 0.25) is 0 Å². The van der Waals surface area contributed by atoms with Crippen molar-refractivity contribution in [3.05, 3.63) is 0 Å². The van der Waals surface area contributed by atoms with Crippen LogP contribution in [0.25, 0.3) is 0 Å². The number of piperidine rings is 1. The first-order valence-corrected chi connectivity index (χ1v) is 6.67. The quantitative estimate of drug-likeness (QED) is 0.665. The van der Waals surface area contributed by atoms with Crippen LogP contribution in [0.3, 0.4) is 0 Å². The molecule has 2 fully saturated rings. The second-order valence-electron chi connectivity index (χ2n) is 5.12. The minimum Gasteiger partial charge on any atom is -0.339 e. The summed E-state index contributed by atoms with van der Waals surface area (Å²) in [7, 11) is 0. The van der Waals surface area contributed by atoms with E-state index in [0.29, 0.717) is 6.04 Å². The smallest absolute Gasteiger partial charge is 0.239 e. The molecule has 2 rings (SSSR count). The standard InChI is InChI=1S/C12H24N4O/c1-10(15-6-2-11(13)3-7-15)12(17)16-8-4-14-5-9-16/h10-11,14H,2-9,13H2,1H3. The number of piperazine rings is 1. The van der Waals surface area contributed by atoms with Gasteiger partial charge >= 0.3 is 0 Å². The minimum atomic E-state index is 0.0144. The van der Waals surface area contributed by atoms with Crippen LogP contribution in [0.5, 0.6) is 0 Å². The van der Waals surface area contributed by atoms with Crippen molar-refractivity contribution in [2.75, 3.05) is 39.3 Å².